The van der Waals surface area contributed by atoms with Crippen LogP contribution in [-0.2, 0) is 15.9 Å². The lowest BCUT2D eigenvalue weighted by molar-refractivity contribution is 0.194. The van der Waals surface area contributed by atoms with Crippen LogP contribution in [0.4, 0.5) is 0 Å². The maximum atomic E-state index is 4.88. The van der Waals surface area contributed by atoms with Gasteiger partial charge in [-0.1, -0.05) is 25.9 Å². The average Bonchev–Trinajstić information content (AvgIpc) is 2.87. The Morgan fingerprint density at radius 3 is 2.18 bits per heavy atom. The maximum Gasteiger partial charge on any atom is 0.124 e. The van der Waals surface area contributed by atoms with Crippen LogP contribution in [0.25, 0.3) is 0 Å². The van der Waals surface area contributed by atoms with E-state index in [0.717, 1.165) is 38.2 Å². The number of hydrogen-bond donors (Lipinski definition) is 0. The third-order valence-electron chi connectivity index (χ3n) is 1.68. The molecule has 0 saturated carbocycles. The minimum Gasteiger partial charge on any atom is -0.385 e. The molecule has 0 amide bonds. The fourth-order valence-electron chi connectivity index (χ4n) is 0.968. The van der Waals surface area contributed by atoms with Gasteiger partial charge in [0.1, 0.15) is 6.26 Å². The molecule has 4 nitrogen and oxygen atoms in total. The number of aromatic nitrogens is 1. The summed E-state index contributed by atoms with van der Waals surface area (Å²) in [4.78, 5) is 0. The van der Waals surface area contributed by atoms with Crippen LogP contribution >= 0.6 is 0 Å². The number of nitrogens with zero attached hydrogens (tertiary/aromatic N) is 1. The summed E-state index contributed by atoms with van der Waals surface area (Å²) in [7, 11) is 3.41. The zero-order valence-corrected chi connectivity index (χ0v) is 11.9. The summed E-state index contributed by atoms with van der Waals surface area (Å²) in [6, 6.07) is 1.87. The van der Waals surface area contributed by atoms with E-state index in [1.807, 2.05) is 19.9 Å². The van der Waals surface area contributed by atoms with Crippen molar-refractivity contribution in [3.63, 3.8) is 0 Å². The van der Waals surface area contributed by atoms with E-state index < -0.39 is 0 Å². The van der Waals surface area contributed by atoms with Gasteiger partial charge >= 0.3 is 0 Å². The molecule has 1 heterocycles. The summed E-state index contributed by atoms with van der Waals surface area (Å²) in [6.45, 7) is 7.76. The zero-order valence-electron chi connectivity index (χ0n) is 11.9. The summed E-state index contributed by atoms with van der Waals surface area (Å²) >= 11 is 0. The molecule has 0 radical (unpaired) electrons. The van der Waals surface area contributed by atoms with Crippen molar-refractivity contribution >= 4 is 0 Å². The van der Waals surface area contributed by atoms with Crippen LogP contribution in [0.1, 0.15) is 39.3 Å². The fourth-order valence-corrected chi connectivity index (χ4v) is 0.968. The second kappa shape index (κ2) is 17.5. The zero-order chi connectivity index (χ0) is 13.4. The predicted octanol–water partition coefficient (Wildman–Crippen LogP) is 3.32. The van der Waals surface area contributed by atoms with Crippen molar-refractivity contribution in [1.82, 2.24) is 5.16 Å². The van der Waals surface area contributed by atoms with Gasteiger partial charge in [0.25, 0.3) is 0 Å². The van der Waals surface area contributed by atoms with E-state index in [-0.39, 0.29) is 0 Å². The Morgan fingerprint density at radius 2 is 1.82 bits per heavy atom. The minimum absolute atomic E-state index is 0.785. The second-order valence-corrected chi connectivity index (χ2v) is 3.08. The van der Waals surface area contributed by atoms with Gasteiger partial charge in [0.15, 0.2) is 0 Å². The molecule has 0 aliphatic carbocycles. The molecule has 102 valence electrons. The first-order valence-corrected chi connectivity index (χ1v) is 6.22. The lowest BCUT2D eigenvalue weighted by Gasteiger charge is -1.93. The first kappa shape index (κ1) is 18.5. The normalized spacial score (nSPS) is 8.76. The monoisotopic (exact) mass is 245 g/mol. The maximum absolute atomic E-state index is 4.88. The molecule has 0 spiro atoms. The largest absolute Gasteiger partial charge is 0.385 e. The van der Waals surface area contributed by atoms with E-state index in [2.05, 4.69) is 16.6 Å². The highest BCUT2D eigenvalue weighted by atomic mass is 16.5. The average molecular weight is 245 g/mol. The summed E-state index contributed by atoms with van der Waals surface area (Å²) < 4.78 is 14.2. The Hall–Kier alpha value is -0.870. The van der Waals surface area contributed by atoms with Gasteiger partial charge in [-0.2, -0.15) is 0 Å². The molecule has 0 unspecified atom stereocenters. The van der Waals surface area contributed by atoms with Crippen LogP contribution in [0.2, 0.25) is 0 Å². The van der Waals surface area contributed by atoms with Gasteiger partial charge in [0.2, 0.25) is 0 Å². The summed E-state index contributed by atoms with van der Waals surface area (Å²) in [5.41, 5.74) is 0.997. The molecular weight excluding hydrogens is 218 g/mol. The Morgan fingerprint density at radius 1 is 1.18 bits per heavy atom. The smallest absolute Gasteiger partial charge is 0.124 e. The lowest BCUT2D eigenvalue weighted by Crippen LogP contribution is -1.91. The third-order valence-corrected chi connectivity index (χ3v) is 1.68. The number of ether oxygens (including phenoxy) is 2. The number of aryl methyl sites for hydroxylation is 1. The van der Waals surface area contributed by atoms with Crippen LogP contribution in [0.3, 0.4) is 0 Å². The van der Waals surface area contributed by atoms with Gasteiger partial charge in [-0.05, 0) is 19.3 Å². The summed E-state index contributed by atoms with van der Waals surface area (Å²) in [5, 5.41) is 3.76. The molecule has 17 heavy (non-hydrogen) atoms. The van der Waals surface area contributed by atoms with Crippen LogP contribution in [-0.4, -0.2) is 32.6 Å². The molecule has 0 fully saturated rings. The first-order chi connectivity index (χ1) is 8.35. The number of methoxy groups -OCH3 is 2. The molecule has 0 aliphatic rings. The van der Waals surface area contributed by atoms with Gasteiger partial charge in [0, 0.05) is 33.5 Å². The minimum atomic E-state index is 0.785. The summed E-state index contributed by atoms with van der Waals surface area (Å²) in [5.74, 6) is 0. The van der Waals surface area contributed by atoms with E-state index in [1.54, 1.807) is 20.5 Å². The second-order valence-electron chi connectivity index (χ2n) is 3.08. The molecule has 1 rings (SSSR count). The van der Waals surface area contributed by atoms with Crippen molar-refractivity contribution in [2.24, 2.45) is 0 Å². The van der Waals surface area contributed by atoms with E-state index in [9.17, 15) is 0 Å². The predicted molar refractivity (Wildman–Crippen MR) is 70.2 cm³/mol. The van der Waals surface area contributed by atoms with Gasteiger partial charge in [-0.25, -0.2) is 0 Å². The van der Waals surface area contributed by atoms with E-state index in [0.29, 0.717) is 0 Å². The van der Waals surface area contributed by atoms with Gasteiger partial charge in [0.05, 0.1) is 5.69 Å². The van der Waals surface area contributed by atoms with Crippen molar-refractivity contribution in [3.05, 3.63) is 18.0 Å². The molecule has 0 bridgehead atoms. The SMILES string of the molecule is CC.CCCOC.COCCCc1ccon1. The van der Waals surface area contributed by atoms with Crippen molar-refractivity contribution in [2.75, 3.05) is 27.4 Å². The molecule has 0 aromatic carbocycles. The van der Waals surface area contributed by atoms with Gasteiger partial charge in [-0.3, -0.25) is 0 Å². The van der Waals surface area contributed by atoms with E-state index in [4.69, 9.17) is 9.47 Å². The lowest BCUT2D eigenvalue weighted by atomic mass is 10.2. The Bertz CT molecular complexity index is 198. The van der Waals surface area contributed by atoms with Crippen molar-refractivity contribution in [2.45, 2.75) is 40.0 Å². The van der Waals surface area contributed by atoms with Crippen molar-refractivity contribution in [3.8, 4) is 0 Å². The summed E-state index contributed by atoms with van der Waals surface area (Å²) in [6.07, 6.45) is 4.64. The highest BCUT2D eigenvalue weighted by molar-refractivity contribution is 4.94. The van der Waals surface area contributed by atoms with Crippen LogP contribution in [0.15, 0.2) is 16.9 Å². The third kappa shape index (κ3) is 15.1. The van der Waals surface area contributed by atoms with Crippen molar-refractivity contribution < 1.29 is 14.0 Å². The molecule has 0 N–H and O–H groups in total. The Labute approximate surface area is 105 Å². The number of rotatable bonds is 6. The molecule has 0 saturated heterocycles. The first-order valence-electron chi connectivity index (χ1n) is 6.22. The number of hydrogen-bond acceptors (Lipinski definition) is 4. The molecule has 1 aromatic heterocycles. The molecule has 0 aliphatic heterocycles. The van der Waals surface area contributed by atoms with E-state index >= 15 is 0 Å². The Balaban J connectivity index is 0. The molecule has 1 aromatic rings. The van der Waals surface area contributed by atoms with Crippen LogP contribution < -0.4 is 0 Å². The topological polar surface area (TPSA) is 44.5 Å². The highest BCUT2D eigenvalue weighted by Gasteiger charge is 1.94. The molecule has 0 atom stereocenters. The molecular formula is C13H27NO3. The molecule has 4 heteroatoms. The van der Waals surface area contributed by atoms with Crippen molar-refractivity contribution in [1.29, 1.82) is 0 Å². The fraction of sp³-hybridized carbons (Fsp3) is 0.769. The van der Waals surface area contributed by atoms with E-state index in [1.165, 1.54) is 0 Å². The standard InChI is InChI=1S/C7H11NO2.C4H10O.C2H6/c1-9-5-2-3-7-4-6-10-8-7;1-3-4-5-2;1-2/h4,6H,2-3,5H2,1H3;3-4H2,1-2H3;1-2H3. The van der Waals surface area contributed by atoms with Crippen LogP contribution in [0, 0.1) is 0 Å². The quantitative estimate of drug-likeness (QED) is 0.721. The van der Waals surface area contributed by atoms with Gasteiger partial charge in [-0.15, -0.1) is 0 Å². The highest BCUT2D eigenvalue weighted by Crippen LogP contribution is 1.98. The van der Waals surface area contributed by atoms with Gasteiger partial charge < -0.3 is 14.0 Å². The Kier molecular flexibility index (Phi) is 19.1. The van der Waals surface area contributed by atoms with Crippen LogP contribution in [0.5, 0.6) is 0 Å².